The molecule has 1 aromatic heterocycles. The summed E-state index contributed by atoms with van der Waals surface area (Å²) in [5.74, 6) is 1.75. The van der Waals surface area contributed by atoms with Crippen LogP contribution >= 0.6 is 11.6 Å². The van der Waals surface area contributed by atoms with Gasteiger partial charge in [-0.05, 0) is 23.1 Å². The van der Waals surface area contributed by atoms with E-state index in [1.54, 1.807) is 30.2 Å². The van der Waals surface area contributed by atoms with Gasteiger partial charge in [0.25, 0.3) is 12.4 Å². The van der Waals surface area contributed by atoms with Gasteiger partial charge in [0.05, 0.1) is 32.5 Å². The lowest BCUT2D eigenvalue weighted by atomic mass is 9.95. The molecule has 0 bridgehead atoms. The number of carbonyl (C=O) groups excluding carboxylic acids is 2. The number of benzene rings is 3. The normalized spacial score (nSPS) is 14.7. The lowest BCUT2D eigenvalue weighted by Gasteiger charge is -2.18. The van der Waals surface area contributed by atoms with Crippen molar-refractivity contribution in [2.75, 3.05) is 38.7 Å². The number of rotatable bonds is 7. The molecule has 1 atom stereocenters. The van der Waals surface area contributed by atoms with Crippen LogP contribution in [-0.4, -0.2) is 51.1 Å². The van der Waals surface area contributed by atoms with Crippen molar-refractivity contribution in [1.29, 1.82) is 0 Å². The van der Waals surface area contributed by atoms with Crippen molar-refractivity contribution in [1.82, 2.24) is 4.98 Å². The molecule has 0 fully saturated rings. The maximum absolute atomic E-state index is 13.8. The Morgan fingerprint density at radius 2 is 1.80 bits per heavy atom. The first kappa shape index (κ1) is 22.9. The minimum Gasteiger partial charge on any atom is -0.493 e. The van der Waals surface area contributed by atoms with E-state index in [1.807, 2.05) is 24.3 Å². The van der Waals surface area contributed by atoms with Gasteiger partial charge in [0.15, 0.2) is 11.5 Å². The number of H-pyrrole nitrogens is 1. The van der Waals surface area contributed by atoms with E-state index < -0.39 is 0 Å². The van der Waals surface area contributed by atoms with Gasteiger partial charge in [-0.3, -0.25) is 9.59 Å². The summed E-state index contributed by atoms with van der Waals surface area (Å²) in [6.07, 6.45) is 0. The molecule has 3 aromatic carbocycles. The molecular weight excluding hydrogens is 472 g/mol. The summed E-state index contributed by atoms with van der Waals surface area (Å²) in [6, 6.07) is 12.9. The molecule has 1 N–H and O–H groups in total. The molecule has 0 spiro atoms. The van der Waals surface area contributed by atoms with Crippen molar-refractivity contribution in [2.24, 2.45) is 0 Å². The number of nitrogens with one attached hydrogen (secondary N) is 1. The SMILES string of the molecule is COc1cc2cc(C(=O)N3C[C@@H](CCl)c4c3cc(OC=O)c3ccccc43)[nH]c2c(OC)c1OC. The minimum atomic E-state index is -0.248. The number of ether oxygens (including phenoxy) is 4. The maximum atomic E-state index is 13.8. The number of amides is 1. The molecule has 4 aromatic rings. The van der Waals surface area contributed by atoms with Crippen LogP contribution in [0.5, 0.6) is 23.0 Å². The molecule has 8 nitrogen and oxygen atoms in total. The summed E-state index contributed by atoms with van der Waals surface area (Å²) in [4.78, 5) is 29.8. The Hall–Kier alpha value is -3.91. The van der Waals surface area contributed by atoms with Gasteiger partial charge in [-0.25, -0.2) is 0 Å². The zero-order valence-corrected chi connectivity index (χ0v) is 20.1. The van der Waals surface area contributed by atoms with Gasteiger partial charge in [-0.1, -0.05) is 24.3 Å². The average molecular weight is 495 g/mol. The molecule has 9 heteroatoms. The van der Waals surface area contributed by atoms with Crippen LogP contribution in [0.1, 0.15) is 22.0 Å². The van der Waals surface area contributed by atoms with Crippen molar-refractivity contribution in [2.45, 2.75) is 5.92 Å². The third kappa shape index (κ3) is 3.52. The van der Waals surface area contributed by atoms with Crippen LogP contribution in [-0.2, 0) is 4.79 Å². The van der Waals surface area contributed by atoms with Gasteiger partial charge >= 0.3 is 0 Å². The summed E-state index contributed by atoms with van der Waals surface area (Å²) in [5.41, 5.74) is 2.60. The first-order valence-electron chi connectivity index (χ1n) is 10.9. The largest absolute Gasteiger partial charge is 0.493 e. The number of carbonyl (C=O) groups is 2. The van der Waals surface area contributed by atoms with E-state index in [1.165, 1.54) is 14.2 Å². The molecule has 1 aliphatic rings. The highest BCUT2D eigenvalue weighted by Gasteiger charge is 2.36. The van der Waals surface area contributed by atoms with Crippen LogP contribution in [0.2, 0.25) is 0 Å². The zero-order valence-electron chi connectivity index (χ0n) is 19.4. The number of nitrogens with zero attached hydrogens (tertiary/aromatic N) is 1. The average Bonchev–Trinajstić information content (AvgIpc) is 3.48. The number of halogens is 1. The van der Waals surface area contributed by atoms with E-state index in [0.717, 1.165) is 21.7 Å². The molecule has 0 aliphatic carbocycles. The number of hydrogen-bond acceptors (Lipinski definition) is 6. The van der Waals surface area contributed by atoms with E-state index in [-0.39, 0.29) is 11.8 Å². The van der Waals surface area contributed by atoms with E-state index in [4.69, 9.17) is 30.5 Å². The number of aromatic amines is 1. The Bertz CT molecular complexity index is 1460. The van der Waals surface area contributed by atoms with Crippen molar-refractivity contribution in [3.63, 3.8) is 0 Å². The number of hydrogen-bond donors (Lipinski definition) is 1. The summed E-state index contributed by atoms with van der Waals surface area (Å²) in [5, 5.41) is 2.42. The molecule has 0 saturated heterocycles. The minimum absolute atomic E-state index is 0.0788. The van der Waals surface area contributed by atoms with Gasteiger partial charge < -0.3 is 28.8 Å². The Balaban J connectivity index is 1.66. The zero-order chi connectivity index (χ0) is 24.7. The van der Waals surface area contributed by atoms with E-state index in [0.29, 0.717) is 58.8 Å². The van der Waals surface area contributed by atoms with Gasteiger partial charge in [0, 0.05) is 35.2 Å². The number of anilines is 1. The highest BCUT2D eigenvalue weighted by molar-refractivity contribution is 6.19. The summed E-state index contributed by atoms with van der Waals surface area (Å²) in [6.45, 7) is 0.782. The molecule has 0 unspecified atom stereocenters. The van der Waals surface area contributed by atoms with Gasteiger partial charge in [0.2, 0.25) is 5.75 Å². The fraction of sp³-hybridized carbons (Fsp3) is 0.231. The van der Waals surface area contributed by atoms with Crippen LogP contribution in [0.4, 0.5) is 5.69 Å². The molecule has 0 radical (unpaired) electrons. The molecule has 1 amide bonds. The lowest BCUT2D eigenvalue weighted by Crippen LogP contribution is -2.30. The number of methoxy groups -OCH3 is 3. The second kappa shape index (κ2) is 9.03. The van der Waals surface area contributed by atoms with Gasteiger partial charge in [-0.15, -0.1) is 11.6 Å². The van der Waals surface area contributed by atoms with Crippen LogP contribution in [0.15, 0.2) is 42.5 Å². The highest BCUT2D eigenvalue weighted by atomic mass is 35.5. The van der Waals surface area contributed by atoms with Crippen LogP contribution in [0.3, 0.4) is 0 Å². The topological polar surface area (TPSA) is 90.1 Å². The number of fused-ring (bicyclic) bond motifs is 4. The predicted molar refractivity (Wildman–Crippen MR) is 134 cm³/mol. The smallest absolute Gasteiger partial charge is 0.298 e. The summed E-state index contributed by atoms with van der Waals surface area (Å²) >= 11 is 6.35. The molecule has 35 heavy (non-hydrogen) atoms. The molecule has 2 heterocycles. The third-order valence-corrected chi connectivity index (χ3v) is 6.76. The van der Waals surface area contributed by atoms with E-state index in [2.05, 4.69) is 4.98 Å². The van der Waals surface area contributed by atoms with Gasteiger partial charge in [-0.2, -0.15) is 0 Å². The first-order chi connectivity index (χ1) is 17.1. The highest BCUT2D eigenvalue weighted by Crippen LogP contribution is 2.47. The Morgan fingerprint density at radius 1 is 1.06 bits per heavy atom. The van der Waals surface area contributed by atoms with Crippen molar-refractivity contribution in [3.05, 3.63) is 53.7 Å². The molecule has 1 aliphatic heterocycles. The Kier molecular flexibility index (Phi) is 5.90. The second-order valence-electron chi connectivity index (χ2n) is 8.13. The lowest BCUT2D eigenvalue weighted by molar-refractivity contribution is -0.120. The standard InChI is InChI=1S/C26H23ClN2O6/c1-32-21-9-14-8-18(28-23(14)25(34-3)24(21)33-2)26(31)29-12-15(11-27)22-17-7-5-4-6-16(17)20(35-13-30)10-19(22)29/h4-10,13,15,28H,11-12H2,1-3H3/t15-/m1/s1. The summed E-state index contributed by atoms with van der Waals surface area (Å²) in [7, 11) is 4.59. The van der Waals surface area contributed by atoms with Crippen molar-refractivity contribution >= 4 is 51.3 Å². The third-order valence-electron chi connectivity index (χ3n) is 6.39. The van der Waals surface area contributed by atoms with Crippen molar-refractivity contribution in [3.8, 4) is 23.0 Å². The first-order valence-corrected chi connectivity index (χ1v) is 11.4. The maximum Gasteiger partial charge on any atom is 0.298 e. The van der Waals surface area contributed by atoms with E-state index in [9.17, 15) is 9.59 Å². The molecule has 5 rings (SSSR count). The van der Waals surface area contributed by atoms with Crippen LogP contribution in [0, 0.1) is 0 Å². The quantitative estimate of drug-likeness (QED) is 0.291. The predicted octanol–water partition coefficient (Wildman–Crippen LogP) is 4.86. The fourth-order valence-corrected chi connectivity index (χ4v) is 5.14. The fourth-order valence-electron chi connectivity index (χ4n) is 4.89. The van der Waals surface area contributed by atoms with E-state index >= 15 is 0 Å². The van der Waals surface area contributed by atoms with Crippen molar-refractivity contribution < 1.29 is 28.5 Å². The summed E-state index contributed by atoms with van der Waals surface area (Å²) < 4.78 is 21.7. The monoisotopic (exact) mass is 494 g/mol. The van der Waals surface area contributed by atoms with Crippen LogP contribution < -0.4 is 23.8 Å². The second-order valence-corrected chi connectivity index (χ2v) is 8.44. The Morgan fingerprint density at radius 3 is 2.46 bits per heavy atom. The molecular formula is C26H23ClN2O6. The molecule has 0 saturated carbocycles. The number of alkyl halides is 1. The Labute approximate surface area is 206 Å². The molecule has 180 valence electrons. The number of aromatic nitrogens is 1. The van der Waals surface area contributed by atoms with Gasteiger partial charge in [0.1, 0.15) is 11.4 Å². The van der Waals surface area contributed by atoms with Crippen LogP contribution in [0.25, 0.3) is 21.7 Å².